The van der Waals surface area contributed by atoms with Gasteiger partial charge in [0.25, 0.3) is 5.69 Å². The third-order valence-corrected chi connectivity index (χ3v) is 3.52. The second-order valence-electron chi connectivity index (χ2n) is 4.90. The van der Waals surface area contributed by atoms with Crippen molar-refractivity contribution in [3.63, 3.8) is 0 Å². The molecule has 0 bridgehead atoms. The van der Waals surface area contributed by atoms with E-state index in [0.29, 0.717) is 17.1 Å². The minimum Gasteiger partial charge on any atom is -0.350 e. The molecule has 1 N–H and O–H groups in total. The first-order valence-electron chi connectivity index (χ1n) is 6.54. The number of piperazine rings is 1. The number of halogens is 1. The number of non-ortho nitro benzene ring substituents is 1. The topological polar surface area (TPSA) is 84.2 Å². The number of nitro groups is 1. The Morgan fingerprint density at radius 2 is 2.24 bits per heavy atom. The van der Waals surface area contributed by atoms with Crippen LogP contribution in [0.2, 0.25) is 0 Å². The van der Waals surface area contributed by atoms with Crippen molar-refractivity contribution in [2.24, 2.45) is 0 Å². The Balaban J connectivity index is 0.00000161. The first-order chi connectivity index (χ1) is 9.65. The molecule has 2 aromatic rings. The first-order valence-corrected chi connectivity index (χ1v) is 6.54. The van der Waals surface area contributed by atoms with Crippen molar-refractivity contribution in [2.45, 2.75) is 13.0 Å². The third-order valence-electron chi connectivity index (χ3n) is 3.52. The molecule has 3 rings (SSSR count). The fraction of sp³-hybridized carbons (Fsp3) is 0.385. The van der Waals surface area contributed by atoms with Gasteiger partial charge in [0.1, 0.15) is 5.82 Å². The van der Waals surface area contributed by atoms with Crippen LogP contribution in [0, 0.1) is 10.1 Å². The SMILES string of the molecule is CC1CNCCN1c1cnc2cc([N+](=O)[O-])ccc2n1.Cl. The highest BCUT2D eigenvalue weighted by Gasteiger charge is 2.20. The summed E-state index contributed by atoms with van der Waals surface area (Å²) in [4.78, 5) is 21.4. The van der Waals surface area contributed by atoms with E-state index in [1.165, 1.54) is 12.1 Å². The van der Waals surface area contributed by atoms with Gasteiger partial charge in [0.05, 0.1) is 22.2 Å². The van der Waals surface area contributed by atoms with Crippen LogP contribution in [-0.2, 0) is 0 Å². The largest absolute Gasteiger partial charge is 0.350 e. The number of aromatic nitrogens is 2. The molecule has 0 aliphatic carbocycles. The summed E-state index contributed by atoms with van der Waals surface area (Å²) in [5.41, 5.74) is 1.26. The number of hydrogen-bond donors (Lipinski definition) is 1. The Kier molecular flexibility index (Phi) is 4.54. The number of fused-ring (bicyclic) bond motifs is 1. The molecule has 112 valence electrons. The van der Waals surface area contributed by atoms with Gasteiger partial charge >= 0.3 is 0 Å². The number of benzene rings is 1. The number of rotatable bonds is 2. The molecule has 1 fully saturated rings. The highest BCUT2D eigenvalue weighted by atomic mass is 35.5. The smallest absolute Gasteiger partial charge is 0.271 e. The van der Waals surface area contributed by atoms with Gasteiger partial charge in [-0.1, -0.05) is 0 Å². The minimum absolute atomic E-state index is 0. The van der Waals surface area contributed by atoms with Crippen LogP contribution in [0.15, 0.2) is 24.4 Å². The lowest BCUT2D eigenvalue weighted by Crippen LogP contribution is -2.50. The predicted octanol–water partition coefficient (Wildman–Crippen LogP) is 1.76. The van der Waals surface area contributed by atoms with Crippen LogP contribution in [0.1, 0.15) is 6.92 Å². The van der Waals surface area contributed by atoms with Gasteiger partial charge in [-0.15, -0.1) is 12.4 Å². The number of nitrogens with one attached hydrogen (secondary N) is 1. The molecule has 1 saturated heterocycles. The summed E-state index contributed by atoms with van der Waals surface area (Å²) in [6, 6.07) is 4.92. The average Bonchev–Trinajstić information content (AvgIpc) is 2.46. The van der Waals surface area contributed by atoms with Gasteiger partial charge in [-0.05, 0) is 13.0 Å². The summed E-state index contributed by atoms with van der Waals surface area (Å²) in [5.74, 6) is 0.820. The van der Waals surface area contributed by atoms with Crippen molar-refractivity contribution in [1.29, 1.82) is 0 Å². The summed E-state index contributed by atoms with van der Waals surface area (Å²) < 4.78 is 0. The van der Waals surface area contributed by atoms with Crippen molar-refractivity contribution in [1.82, 2.24) is 15.3 Å². The standard InChI is InChI=1S/C13H15N5O2.ClH/c1-9-7-14-4-5-17(9)13-8-15-12-6-10(18(19)20)2-3-11(12)16-13;/h2-3,6,8-9,14H,4-5,7H2,1H3;1H. The van der Waals surface area contributed by atoms with E-state index in [9.17, 15) is 10.1 Å². The second kappa shape index (κ2) is 6.19. The maximum absolute atomic E-state index is 10.7. The maximum Gasteiger partial charge on any atom is 0.271 e. The molecule has 1 aromatic heterocycles. The average molecular weight is 310 g/mol. The predicted molar refractivity (Wildman–Crippen MR) is 83.1 cm³/mol. The Morgan fingerprint density at radius 3 is 2.95 bits per heavy atom. The second-order valence-corrected chi connectivity index (χ2v) is 4.90. The first kappa shape index (κ1) is 15.4. The summed E-state index contributed by atoms with van der Waals surface area (Å²) >= 11 is 0. The lowest BCUT2D eigenvalue weighted by Gasteiger charge is -2.34. The molecule has 8 heteroatoms. The minimum atomic E-state index is -0.423. The fourth-order valence-corrected chi connectivity index (χ4v) is 2.42. The van der Waals surface area contributed by atoms with E-state index < -0.39 is 4.92 Å². The third kappa shape index (κ3) is 3.03. The summed E-state index contributed by atoms with van der Waals surface area (Å²) in [5, 5.41) is 14.1. The molecule has 1 aromatic carbocycles. The number of anilines is 1. The van der Waals surface area contributed by atoms with E-state index in [0.717, 1.165) is 25.5 Å². The molecule has 7 nitrogen and oxygen atoms in total. The number of nitro benzene ring substituents is 1. The molecule has 0 spiro atoms. The van der Waals surface area contributed by atoms with Gasteiger partial charge in [0.2, 0.25) is 0 Å². The Hall–Kier alpha value is -1.99. The van der Waals surface area contributed by atoms with Gasteiger partial charge in [-0.3, -0.25) is 15.1 Å². The Morgan fingerprint density at radius 1 is 1.43 bits per heavy atom. The Labute approximate surface area is 127 Å². The molecular weight excluding hydrogens is 294 g/mol. The number of nitrogens with zero attached hydrogens (tertiary/aromatic N) is 4. The zero-order valence-corrected chi connectivity index (χ0v) is 12.3. The maximum atomic E-state index is 10.7. The molecule has 0 saturated carbocycles. The summed E-state index contributed by atoms with van der Waals surface area (Å²) in [7, 11) is 0. The Bertz CT molecular complexity index is 666. The van der Waals surface area contributed by atoms with Gasteiger partial charge in [-0.2, -0.15) is 0 Å². The number of hydrogen-bond acceptors (Lipinski definition) is 6. The van der Waals surface area contributed by atoms with Crippen molar-refractivity contribution in [3.05, 3.63) is 34.5 Å². The van der Waals surface area contributed by atoms with Crippen LogP contribution in [0.25, 0.3) is 11.0 Å². The van der Waals surface area contributed by atoms with E-state index in [2.05, 4.69) is 27.1 Å². The quantitative estimate of drug-likeness (QED) is 0.672. The zero-order chi connectivity index (χ0) is 14.1. The van der Waals surface area contributed by atoms with Crippen LogP contribution in [0.4, 0.5) is 11.5 Å². The van der Waals surface area contributed by atoms with E-state index in [4.69, 9.17) is 0 Å². The molecule has 2 heterocycles. The van der Waals surface area contributed by atoms with Crippen molar-refractivity contribution >= 4 is 34.9 Å². The van der Waals surface area contributed by atoms with Crippen LogP contribution >= 0.6 is 12.4 Å². The normalized spacial score (nSPS) is 18.3. The molecule has 1 atom stereocenters. The van der Waals surface area contributed by atoms with Gasteiger partial charge in [-0.25, -0.2) is 4.98 Å². The van der Waals surface area contributed by atoms with E-state index in [1.807, 2.05) is 0 Å². The van der Waals surface area contributed by atoms with Crippen molar-refractivity contribution < 1.29 is 4.92 Å². The van der Waals surface area contributed by atoms with E-state index >= 15 is 0 Å². The summed E-state index contributed by atoms with van der Waals surface area (Å²) in [6.45, 7) is 4.85. The fourth-order valence-electron chi connectivity index (χ4n) is 2.42. The molecule has 21 heavy (non-hydrogen) atoms. The van der Waals surface area contributed by atoms with E-state index in [1.54, 1.807) is 12.3 Å². The van der Waals surface area contributed by atoms with Gasteiger partial charge < -0.3 is 10.2 Å². The lowest BCUT2D eigenvalue weighted by atomic mass is 10.2. The lowest BCUT2D eigenvalue weighted by molar-refractivity contribution is -0.384. The highest BCUT2D eigenvalue weighted by Crippen LogP contribution is 2.21. The van der Waals surface area contributed by atoms with Gasteiger partial charge in [0, 0.05) is 37.8 Å². The van der Waals surface area contributed by atoms with Crippen molar-refractivity contribution in [2.75, 3.05) is 24.5 Å². The zero-order valence-electron chi connectivity index (χ0n) is 11.5. The van der Waals surface area contributed by atoms with Crippen LogP contribution in [0.5, 0.6) is 0 Å². The summed E-state index contributed by atoms with van der Waals surface area (Å²) in [6.07, 6.45) is 1.69. The molecule has 0 radical (unpaired) electrons. The van der Waals surface area contributed by atoms with Crippen LogP contribution < -0.4 is 10.2 Å². The molecule has 1 unspecified atom stereocenters. The molecule has 0 amide bonds. The molecular formula is C13H16ClN5O2. The molecule has 1 aliphatic heterocycles. The van der Waals surface area contributed by atoms with Crippen LogP contribution in [-0.4, -0.2) is 40.6 Å². The van der Waals surface area contributed by atoms with E-state index in [-0.39, 0.29) is 18.1 Å². The molecule has 1 aliphatic rings. The highest BCUT2D eigenvalue weighted by molar-refractivity contribution is 5.85. The monoisotopic (exact) mass is 309 g/mol. The van der Waals surface area contributed by atoms with Gasteiger partial charge in [0.15, 0.2) is 0 Å². The van der Waals surface area contributed by atoms with Crippen molar-refractivity contribution in [3.8, 4) is 0 Å². The van der Waals surface area contributed by atoms with Crippen LogP contribution in [0.3, 0.4) is 0 Å².